The lowest BCUT2D eigenvalue weighted by atomic mass is 9.70. The molecule has 0 aliphatic heterocycles. The molecule has 2 nitrogen and oxygen atoms in total. The first-order valence-electron chi connectivity index (χ1n) is 6.16. The maximum Gasteiger partial charge on any atom is 0.156 e. The number of carbonyl (C=O) groups is 1. The Balaban J connectivity index is 2.01. The zero-order valence-corrected chi connectivity index (χ0v) is 9.98. The average Bonchev–Trinajstić information content (AvgIpc) is 2.37. The third-order valence-corrected chi connectivity index (χ3v) is 3.96. The smallest absolute Gasteiger partial charge is 0.156 e. The number of hydrogen-bond acceptors (Lipinski definition) is 2. The fourth-order valence-corrected chi connectivity index (χ4v) is 3.05. The first kappa shape index (κ1) is 10.6. The van der Waals surface area contributed by atoms with Gasteiger partial charge in [-0.15, -0.1) is 0 Å². The van der Waals surface area contributed by atoms with Gasteiger partial charge in [0.25, 0.3) is 0 Å². The molecule has 0 aromatic heterocycles. The Morgan fingerprint density at radius 2 is 2.24 bits per heavy atom. The summed E-state index contributed by atoms with van der Waals surface area (Å²) >= 11 is 0. The Morgan fingerprint density at radius 3 is 3.06 bits per heavy atom. The van der Waals surface area contributed by atoms with Crippen LogP contribution in [0.25, 0.3) is 0 Å². The minimum absolute atomic E-state index is 0.259. The van der Waals surface area contributed by atoms with Gasteiger partial charge < -0.3 is 4.74 Å². The number of carbonyl (C=O) groups excluding carboxylic acids is 1. The van der Waals surface area contributed by atoms with Gasteiger partial charge in [-0.05, 0) is 54.0 Å². The fraction of sp³-hybridized carbons (Fsp3) is 0.400. The van der Waals surface area contributed by atoms with Crippen LogP contribution in [-0.2, 0) is 11.2 Å². The quantitative estimate of drug-likeness (QED) is 0.738. The van der Waals surface area contributed by atoms with Crippen molar-refractivity contribution in [3.05, 3.63) is 41.5 Å². The molecule has 0 fully saturated rings. The molecule has 0 saturated heterocycles. The second-order valence-electron chi connectivity index (χ2n) is 4.90. The van der Waals surface area contributed by atoms with E-state index in [1.54, 1.807) is 13.2 Å². The number of methoxy groups -OCH3 is 1. The normalized spacial score (nSPS) is 26.3. The van der Waals surface area contributed by atoms with Gasteiger partial charge >= 0.3 is 0 Å². The number of allylic oxidation sites excluding steroid dienone is 2. The Labute approximate surface area is 101 Å². The maximum atomic E-state index is 11.5. The molecule has 3 rings (SSSR count). The lowest BCUT2D eigenvalue weighted by Crippen LogP contribution is -2.24. The Kier molecular flexibility index (Phi) is 2.50. The van der Waals surface area contributed by atoms with Gasteiger partial charge in [0.1, 0.15) is 5.75 Å². The third kappa shape index (κ3) is 1.78. The number of hydrogen-bond donors (Lipinski definition) is 0. The van der Waals surface area contributed by atoms with Crippen molar-refractivity contribution in [2.45, 2.75) is 25.2 Å². The van der Waals surface area contributed by atoms with Crippen molar-refractivity contribution >= 4 is 5.78 Å². The van der Waals surface area contributed by atoms with Crippen LogP contribution in [0.4, 0.5) is 0 Å². The standard InChI is InChI=1S/C15H16O2/c1-17-13-6-7-14-11(8-13)3-2-10-4-5-12(16)9-15(10)14/h4-8,10,15H,2-3,9H2,1H3/t10?,15-/m0/s1. The van der Waals surface area contributed by atoms with E-state index in [1.165, 1.54) is 11.1 Å². The zero-order chi connectivity index (χ0) is 11.8. The molecular weight excluding hydrogens is 212 g/mol. The van der Waals surface area contributed by atoms with Crippen molar-refractivity contribution in [3.8, 4) is 5.75 Å². The number of benzene rings is 1. The van der Waals surface area contributed by atoms with Crippen molar-refractivity contribution in [1.82, 2.24) is 0 Å². The predicted molar refractivity (Wildman–Crippen MR) is 66.3 cm³/mol. The molecule has 17 heavy (non-hydrogen) atoms. The van der Waals surface area contributed by atoms with Gasteiger partial charge in [-0.1, -0.05) is 12.1 Å². The van der Waals surface area contributed by atoms with Crippen LogP contribution in [0, 0.1) is 5.92 Å². The number of rotatable bonds is 1. The number of ketones is 1. The van der Waals surface area contributed by atoms with Gasteiger partial charge in [-0.3, -0.25) is 4.79 Å². The molecule has 0 saturated carbocycles. The fourth-order valence-electron chi connectivity index (χ4n) is 3.05. The largest absolute Gasteiger partial charge is 0.497 e. The highest BCUT2D eigenvalue weighted by Gasteiger charge is 2.31. The van der Waals surface area contributed by atoms with E-state index in [1.807, 2.05) is 6.07 Å². The van der Waals surface area contributed by atoms with Crippen LogP contribution < -0.4 is 4.74 Å². The lowest BCUT2D eigenvalue weighted by Gasteiger charge is -2.33. The lowest BCUT2D eigenvalue weighted by molar-refractivity contribution is -0.115. The summed E-state index contributed by atoms with van der Waals surface area (Å²) in [6.07, 6.45) is 6.76. The number of aryl methyl sites for hydroxylation is 1. The third-order valence-electron chi connectivity index (χ3n) is 3.96. The maximum absolute atomic E-state index is 11.5. The Morgan fingerprint density at radius 1 is 1.35 bits per heavy atom. The summed E-state index contributed by atoms with van der Waals surface area (Å²) in [5, 5.41) is 0. The SMILES string of the molecule is COc1ccc2c(c1)CCC1C=CC(=O)C[C@H]21. The second kappa shape index (κ2) is 4.02. The summed E-state index contributed by atoms with van der Waals surface area (Å²) in [6.45, 7) is 0. The van der Waals surface area contributed by atoms with Crippen molar-refractivity contribution in [2.24, 2.45) is 5.92 Å². The summed E-state index contributed by atoms with van der Waals surface area (Å²) in [5.74, 6) is 2.12. The Bertz CT molecular complexity index is 488. The molecule has 2 atom stereocenters. The van der Waals surface area contributed by atoms with Gasteiger partial charge in [-0.25, -0.2) is 0 Å². The van der Waals surface area contributed by atoms with Gasteiger partial charge in [0, 0.05) is 6.42 Å². The topological polar surface area (TPSA) is 26.3 Å². The van der Waals surface area contributed by atoms with Crippen molar-refractivity contribution < 1.29 is 9.53 Å². The molecule has 1 aromatic rings. The first-order chi connectivity index (χ1) is 8.28. The molecule has 2 aliphatic rings. The van der Waals surface area contributed by atoms with Gasteiger partial charge in [0.05, 0.1) is 7.11 Å². The number of fused-ring (bicyclic) bond motifs is 3. The monoisotopic (exact) mass is 228 g/mol. The highest BCUT2D eigenvalue weighted by Crippen LogP contribution is 2.42. The second-order valence-corrected chi connectivity index (χ2v) is 4.90. The molecule has 88 valence electrons. The van der Waals surface area contributed by atoms with Crippen molar-refractivity contribution in [3.63, 3.8) is 0 Å². The summed E-state index contributed by atoms with van der Waals surface area (Å²) in [5.41, 5.74) is 2.70. The molecule has 1 unspecified atom stereocenters. The van der Waals surface area contributed by atoms with E-state index in [9.17, 15) is 4.79 Å². The highest BCUT2D eigenvalue weighted by molar-refractivity contribution is 5.91. The van der Waals surface area contributed by atoms with Crippen LogP contribution in [-0.4, -0.2) is 12.9 Å². The van der Waals surface area contributed by atoms with E-state index in [2.05, 4.69) is 18.2 Å². The summed E-state index contributed by atoms with van der Waals surface area (Å²) in [6, 6.07) is 6.26. The Hall–Kier alpha value is -1.57. The summed E-state index contributed by atoms with van der Waals surface area (Å²) in [4.78, 5) is 11.5. The first-order valence-corrected chi connectivity index (χ1v) is 6.16. The molecule has 0 N–H and O–H groups in total. The average molecular weight is 228 g/mol. The van der Waals surface area contributed by atoms with Crippen molar-refractivity contribution in [2.75, 3.05) is 7.11 Å². The minimum Gasteiger partial charge on any atom is -0.497 e. The molecular formula is C15H16O2. The molecule has 0 spiro atoms. The van der Waals surface area contributed by atoms with E-state index < -0.39 is 0 Å². The molecule has 0 amide bonds. The number of ether oxygens (including phenoxy) is 1. The zero-order valence-electron chi connectivity index (χ0n) is 9.98. The van der Waals surface area contributed by atoms with Crippen LogP contribution in [0.5, 0.6) is 5.75 Å². The molecule has 0 bridgehead atoms. The summed E-state index contributed by atoms with van der Waals surface area (Å²) in [7, 11) is 1.69. The molecule has 0 heterocycles. The molecule has 2 heteroatoms. The van der Waals surface area contributed by atoms with E-state index in [0.717, 1.165) is 18.6 Å². The minimum atomic E-state index is 0.259. The van der Waals surface area contributed by atoms with Crippen LogP contribution in [0.15, 0.2) is 30.4 Å². The van der Waals surface area contributed by atoms with Gasteiger partial charge in [0.2, 0.25) is 0 Å². The summed E-state index contributed by atoms with van der Waals surface area (Å²) < 4.78 is 5.26. The van der Waals surface area contributed by atoms with E-state index in [-0.39, 0.29) is 5.78 Å². The van der Waals surface area contributed by atoms with Gasteiger partial charge in [0.15, 0.2) is 5.78 Å². The molecule has 2 aliphatic carbocycles. The molecule has 1 aromatic carbocycles. The van der Waals surface area contributed by atoms with Crippen LogP contribution in [0.3, 0.4) is 0 Å². The van der Waals surface area contributed by atoms with Crippen LogP contribution >= 0.6 is 0 Å². The van der Waals surface area contributed by atoms with Crippen LogP contribution in [0.2, 0.25) is 0 Å². The van der Waals surface area contributed by atoms with Crippen LogP contribution in [0.1, 0.15) is 29.9 Å². The predicted octanol–water partition coefficient (Wildman–Crippen LogP) is 2.87. The molecule has 0 radical (unpaired) electrons. The van der Waals surface area contributed by atoms with E-state index in [0.29, 0.717) is 18.3 Å². The van der Waals surface area contributed by atoms with E-state index >= 15 is 0 Å². The van der Waals surface area contributed by atoms with Gasteiger partial charge in [-0.2, -0.15) is 0 Å². The highest BCUT2D eigenvalue weighted by atomic mass is 16.5. The van der Waals surface area contributed by atoms with E-state index in [4.69, 9.17) is 4.74 Å². The van der Waals surface area contributed by atoms with Crippen molar-refractivity contribution in [1.29, 1.82) is 0 Å².